The van der Waals surface area contributed by atoms with Crippen LogP contribution < -0.4 is 15.6 Å². The molecule has 1 amide bonds. The van der Waals surface area contributed by atoms with Crippen LogP contribution >= 0.6 is 0 Å². The SMILES string of the molecule is CCOc1ncccc1CNC(=O)Cn1nc(C2CC2)ccc1=O. The average molecular weight is 328 g/mol. The van der Waals surface area contributed by atoms with Crippen molar-refractivity contribution < 1.29 is 9.53 Å². The van der Waals surface area contributed by atoms with Gasteiger partial charge in [0, 0.05) is 30.3 Å². The summed E-state index contributed by atoms with van der Waals surface area (Å²) in [4.78, 5) is 28.1. The van der Waals surface area contributed by atoms with Crippen molar-refractivity contribution in [2.75, 3.05) is 6.61 Å². The van der Waals surface area contributed by atoms with E-state index in [9.17, 15) is 9.59 Å². The van der Waals surface area contributed by atoms with Crippen molar-refractivity contribution in [1.29, 1.82) is 0 Å². The maximum absolute atomic E-state index is 12.1. The van der Waals surface area contributed by atoms with Gasteiger partial charge in [-0.3, -0.25) is 9.59 Å². The van der Waals surface area contributed by atoms with Crippen LogP contribution in [0, 0.1) is 0 Å². The zero-order valence-corrected chi connectivity index (χ0v) is 13.6. The molecule has 1 aliphatic carbocycles. The van der Waals surface area contributed by atoms with E-state index in [1.807, 2.05) is 13.0 Å². The number of carbonyl (C=O) groups is 1. The molecule has 126 valence electrons. The molecule has 1 fully saturated rings. The summed E-state index contributed by atoms with van der Waals surface area (Å²) in [6.45, 7) is 2.58. The number of nitrogens with one attached hydrogen (secondary N) is 1. The molecule has 0 spiro atoms. The summed E-state index contributed by atoms with van der Waals surface area (Å²) in [5, 5.41) is 7.06. The first-order valence-corrected chi connectivity index (χ1v) is 8.09. The maximum Gasteiger partial charge on any atom is 0.267 e. The van der Waals surface area contributed by atoms with Gasteiger partial charge >= 0.3 is 0 Å². The minimum atomic E-state index is -0.274. The van der Waals surface area contributed by atoms with Crippen molar-refractivity contribution in [2.24, 2.45) is 0 Å². The Bertz CT molecular complexity index is 783. The highest BCUT2D eigenvalue weighted by atomic mass is 16.5. The van der Waals surface area contributed by atoms with E-state index in [4.69, 9.17) is 4.74 Å². The van der Waals surface area contributed by atoms with Crippen molar-refractivity contribution in [2.45, 2.75) is 38.8 Å². The van der Waals surface area contributed by atoms with Gasteiger partial charge in [-0.1, -0.05) is 6.07 Å². The van der Waals surface area contributed by atoms with Gasteiger partial charge in [-0.15, -0.1) is 0 Å². The second-order valence-corrected chi connectivity index (χ2v) is 5.71. The summed E-state index contributed by atoms with van der Waals surface area (Å²) in [5.74, 6) is 0.666. The molecular formula is C17H20N4O3. The van der Waals surface area contributed by atoms with Crippen LogP contribution in [0.15, 0.2) is 35.3 Å². The van der Waals surface area contributed by atoms with Gasteiger partial charge in [0.05, 0.1) is 12.3 Å². The van der Waals surface area contributed by atoms with Gasteiger partial charge in [0.25, 0.3) is 5.56 Å². The van der Waals surface area contributed by atoms with E-state index in [2.05, 4.69) is 15.4 Å². The second kappa shape index (κ2) is 7.25. The molecule has 0 radical (unpaired) electrons. The number of pyridine rings is 1. The third-order valence-electron chi connectivity index (χ3n) is 3.78. The monoisotopic (exact) mass is 328 g/mol. The Hall–Kier alpha value is -2.70. The van der Waals surface area contributed by atoms with Crippen molar-refractivity contribution in [3.05, 3.63) is 52.1 Å². The Balaban J connectivity index is 1.62. The van der Waals surface area contributed by atoms with Crippen molar-refractivity contribution >= 4 is 5.91 Å². The third-order valence-corrected chi connectivity index (χ3v) is 3.78. The Morgan fingerprint density at radius 2 is 2.21 bits per heavy atom. The van der Waals surface area contributed by atoms with Gasteiger partial charge in [0.1, 0.15) is 6.54 Å². The van der Waals surface area contributed by atoms with E-state index in [0.29, 0.717) is 24.9 Å². The lowest BCUT2D eigenvalue weighted by Crippen LogP contribution is -2.33. The number of aromatic nitrogens is 3. The standard InChI is InChI=1S/C17H20N4O3/c1-2-24-17-13(4-3-9-18-17)10-19-15(22)11-21-16(23)8-7-14(20-21)12-5-6-12/h3-4,7-9,12H,2,5-6,10-11H2,1H3,(H,19,22). The number of ether oxygens (including phenoxy) is 1. The molecule has 1 N–H and O–H groups in total. The van der Waals surface area contributed by atoms with Crippen LogP contribution in [0.25, 0.3) is 0 Å². The first-order chi connectivity index (χ1) is 11.7. The Morgan fingerprint density at radius 3 is 2.96 bits per heavy atom. The van der Waals surface area contributed by atoms with Crippen molar-refractivity contribution in [3.8, 4) is 5.88 Å². The predicted molar refractivity (Wildman–Crippen MR) is 87.7 cm³/mol. The minimum Gasteiger partial charge on any atom is -0.478 e. The molecule has 2 aromatic heterocycles. The highest BCUT2D eigenvalue weighted by Crippen LogP contribution is 2.38. The van der Waals surface area contributed by atoms with Crippen molar-refractivity contribution in [3.63, 3.8) is 0 Å². The number of amides is 1. The summed E-state index contributed by atoms with van der Waals surface area (Å²) in [7, 11) is 0. The van der Waals surface area contributed by atoms with Gasteiger partial charge < -0.3 is 10.1 Å². The highest BCUT2D eigenvalue weighted by Gasteiger charge is 2.25. The average Bonchev–Trinajstić information content (AvgIpc) is 3.41. The highest BCUT2D eigenvalue weighted by molar-refractivity contribution is 5.75. The fourth-order valence-electron chi connectivity index (χ4n) is 2.39. The molecule has 7 nitrogen and oxygen atoms in total. The number of carbonyl (C=O) groups excluding carboxylic acids is 1. The molecule has 0 bridgehead atoms. The van der Waals surface area contributed by atoms with E-state index in [1.54, 1.807) is 18.3 Å². The fraction of sp³-hybridized carbons (Fsp3) is 0.412. The molecule has 0 unspecified atom stereocenters. The van der Waals surface area contributed by atoms with Gasteiger partial charge in [-0.2, -0.15) is 5.10 Å². The summed E-state index contributed by atoms with van der Waals surface area (Å²) in [6, 6.07) is 6.85. The van der Waals surface area contributed by atoms with Gasteiger partial charge in [0.15, 0.2) is 0 Å². The molecule has 2 heterocycles. The predicted octanol–water partition coefficient (Wildman–Crippen LogP) is 1.23. The molecule has 0 aromatic carbocycles. The first-order valence-electron chi connectivity index (χ1n) is 8.09. The van der Waals surface area contributed by atoms with Gasteiger partial charge in [-0.05, 0) is 31.9 Å². The van der Waals surface area contributed by atoms with Crippen LogP contribution in [-0.2, 0) is 17.9 Å². The molecule has 2 aromatic rings. The molecule has 0 aliphatic heterocycles. The zero-order valence-electron chi connectivity index (χ0n) is 13.6. The van der Waals surface area contributed by atoms with Crippen LogP contribution in [-0.4, -0.2) is 27.3 Å². The molecule has 7 heteroatoms. The molecule has 1 aliphatic rings. The largest absolute Gasteiger partial charge is 0.478 e. The van der Waals surface area contributed by atoms with Gasteiger partial charge in [-0.25, -0.2) is 9.67 Å². The summed E-state index contributed by atoms with van der Waals surface area (Å²) < 4.78 is 6.64. The normalized spacial score (nSPS) is 13.5. The summed E-state index contributed by atoms with van der Waals surface area (Å²) in [6.07, 6.45) is 3.83. The minimum absolute atomic E-state index is 0.0936. The van der Waals surface area contributed by atoms with Crippen LogP contribution in [0.4, 0.5) is 0 Å². The quantitative estimate of drug-likeness (QED) is 0.826. The molecular weight excluding hydrogens is 308 g/mol. The molecule has 3 rings (SSSR count). The van der Waals surface area contributed by atoms with Crippen LogP contribution in [0.1, 0.15) is 36.9 Å². The van der Waals surface area contributed by atoms with E-state index >= 15 is 0 Å². The summed E-state index contributed by atoms with van der Waals surface area (Å²) >= 11 is 0. The topological polar surface area (TPSA) is 86.1 Å². The Kier molecular flexibility index (Phi) is 4.88. The van der Waals surface area contributed by atoms with E-state index in [-0.39, 0.29) is 18.0 Å². The third kappa shape index (κ3) is 3.98. The van der Waals surface area contributed by atoms with E-state index < -0.39 is 0 Å². The lowest BCUT2D eigenvalue weighted by molar-refractivity contribution is -0.122. The van der Waals surface area contributed by atoms with Crippen molar-refractivity contribution in [1.82, 2.24) is 20.1 Å². The van der Waals surface area contributed by atoms with Gasteiger partial charge in [0.2, 0.25) is 11.8 Å². The first kappa shape index (κ1) is 16.2. The number of nitrogens with zero attached hydrogens (tertiary/aromatic N) is 3. The second-order valence-electron chi connectivity index (χ2n) is 5.71. The van der Waals surface area contributed by atoms with E-state index in [1.165, 1.54) is 10.7 Å². The number of hydrogen-bond donors (Lipinski definition) is 1. The zero-order chi connectivity index (χ0) is 16.9. The number of rotatable bonds is 7. The fourth-order valence-corrected chi connectivity index (χ4v) is 2.39. The maximum atomic E-state index is 12.1. The number of hydrogen-bond acceptors (Lipinski definition) is 5. The Morgan fingerprint density at radius 1 is 1.38 bits per heavy atom. The molecule has 24 heavy (non-hydrogen) atoms. The Labute approximate surface area is 139 Å². The van der Waals surface area contributed by atoms with Crippen LogP contribution in [0.2, 0.25) is 0 Å². The lowest BCUT2D eigenvalue weighted by atomic mass is 10.2. The molecule has 0 saturated heterocycles. The molecule has 0 atom stereocenters. The smallest absolute Gasteiger partial charge is 0.267 e. The summed E-state index contributed by atoms with van der Waals surface area (Å²) in [5.41, 5.74) is 1.40. The van der Waals surface area contributed by atoms with Crippen LogP contribution in [0.5, 0.6) is 5.88 Å². The molecule has 1 saturated carbocycles. The van der Waals surface area contributed by atoms with Crippen LogP contribution in [0.3, 0.4) is 0 Å². The lowest BCUT2D eigenvalue weighted by Gasteiger charge is -2.10. The van der Waals surface area contributed by atoms with E-state index in [0.717, 1.165) is 24.1 Å².